The molecular weight excluding hydrogens is 170 g/mol. The van der Waals surface area contributed by atoms with E-state index in [1.807, 2.05) is 6.07 Å². The van der Waals surface area contributed by atoms with Gasteiger partial charge in [0.15, 0.2) is 0 Å². The first kappa shape index (κ1) is 9.47. The Hall–Kier alpha value is -1.62. The summed E-state index contributed by atoms with van der Waals surface area (Å²) in [6, 6.07) is 3.58. The Labute approximate surface area is 75.8 Å². The number of hydrogen-bond acceptors (Lipinski definition) is 3. The Morgan fingerprint density at radius 1 is 1.69 bits per heavy atom. The van der Waals surface area contributed by atoms with Crippen LogP contribution < -0.4 is 10.6 Å². The van der Waals surface area contributed by atoms with Gasteiger partial charge in [-0.2, -0.15) is 0 Å². The van der Waals surface area contributed by atoms with Gasteiger partial charge in [0.1, 0.15) is 5.82 Å². The number of aromatic nitrogens is 1. The maximum Gasteiger partial charge on any atom is 0.410 e. The Bertz CT molecular complexity index is 301. The molecule has 0 atom stereocenters. The van der Waals surface area contributed by atoms with Crippen LogP contribution in [0.1, 0.15) is 5.56 Å². The lowest BCUT2D eigenvalue weighted by atomic mass is 10.2. The first-order chi connectivity index (χ1) is 6.24. The first-order valence-electron chi connectivity index (χ1n) is 3.82. The first-order valence-corrected chi connectivity index (χ1v) is 3.82. The van der Waals surface area contributed by atoms with Gasteiger partial charge in [-0.05, 0) is 13.1 Å². The van der Waals surface area contributed by atoms with Gasteiger partial charge in [0.25, 0.3) is 0 Å². The van der Waals surface area contributed by atoms with Crippen LogP contribution in [0.5, 0.6) is 0 Å². The molecule has 1 heterocycles. The largest absolute Gasteiger partial charge is 0.465 e. The predicted molar refractivity (Wildman–Crippen MR) is 48.6 cm³/mol. The molecule has 1 aromatic rings. The van der Waals surface area contributed by atoms with Crippen LogP contribution in [0.4, 0.5) is 10.6 Å². The number of pyridine rings is 1. The molecule has 0 bridgehead atoms. The number of hydrogen-bond donors (Lipinski definition) is 3. The van der Waals surface area contributed by atoms with Gasteiger partial charge < -0.3 is 10.4 Å². The summed E-state index contributed by atoms with van der Waals surface area (Å²) in [5.41, 5.74) is 0.826. The minimum absolute atomic E-state index is 0.379. The van der Waals surface area contributed by atoms with Crippen LogP contribution in [-0.2, 0) is 6.54 Å². The van der Waals surface area contributed by atoms with Crippen molar-refractivity contribution < 1.29 is 9.90 Å². The fraction of sp³-hybridized carbons (Fsp3) is 0.250. The van der Waals surface area contributed by atoms with E-state index in [-0.39, 0.29) is 0 Å². The zero-order chi connectivity index (χ0) is 9.68. The lowest BCUT2D eigenvalue weighted by Crippen LogP contribution is -2.14. The fourth-order valence-corrected chi connectivity index (χ4v) is 0.986. The van der Waals surface area contributed by atoms with Crippen molar-refractivity contribution in [1.29, 1.82) is 0 Å². The molecule has 5 heteroatoms. The van der Waals surface area contributed by atoms with E-state index in [2.05, 4.69) is 15.6 Å². The zero-order valence-electron chi connectivity index (χ0n) is 7.24. The molecule has 0 aliphatic carbocycles. The molecule has 70 valence electrons. The third-order valence-corrected chi connectivity index (χ3v) is 1.48. The Kier molecular flexibility index (Phi) is 3.22. The molecule has 0 aliphatic rings. The molecule has 0 spiro atoms. The molecular formula is C8H11N3O2. The number of carboxylic acid groups (broad SMARTS) is 1. The van der Waals surface area contributed by atoms with Crippen molar-refractivity contribution in [2.24, 2.45) is 0 Å². The van der Waals surface area contributed by atoms with Crippen molar-refractivity contribution in [3.63, 3.8) is 0 Å². The summed E-state index contributed by atoms with van der Waals surface area (Å²) in [6.07, 6.45) is 0.445. The van der Waals surface area contributed by atoms with Gasteiger partial charge in [-0.3, -0.25) is 5.32 Å². The van der Waals surface area contributed by atoms with Crippen LogP contribution in [0.3, 0.4) is 0 Å². The minimum Gasteiger partial charge on any atom is -0.465 e. The second-order valence-electron chi connectivity index (χ2n) is 2.47. The van der Waals surface area contributed by atoms with Gasteiger partial charge in [0.05, 0.1) is 0 Å². The molecule has 0 saturated carbocycles. The quantitative estimate of drug-likeness (QED) is 0.647. The predicted octanol–water partition coefficient (Wildman–Crippen LogP) is 0.891. The van der Waals surface area contributed by atoms with Crippen LogP contribution >= 0.6 is 0 Å². The maximum atomic E-state index is 10.4. The van der Waals surface area contributed by atoms with Crippen LogP contribution in [0, 0.1) is 0 Å². The summed E-state index contributed by atoms with van der Waals surface area (Å²) >= 11 is 0. The summed E-state index contributed by atoms with van der Waals surface area (Å²) in [5.74, 6) is 0.379. The van der Waals surface area contributed by atoms with E-state index in [0.717, 1.165) is 5.56 Å². The highest BCUT2D eigenvalue weighted by atomic mass is 16.4. The smallest absolute Gasteiger partial charge is 0.410 e. The SMILES string of the molecule is CNCc1cccnc1NC(=O)O. The van der Waals surface area contributed by atoms with E-state index < -0.39 is 6.09 Å². The number of anilines is 1. The number of nitrogens with one attached hydrogen (secondary N) is 2. The van der Waals surface area contributed by atoms with Crippen LogP contribution in [0.25, 0.3) is 0 Å². The summed E-state index contributed by atoms with van der Waals surface area (Å²) in [4.78, 5) is 14.3. The van der Waals surface area contributed by atoms with E-state index in [1.54, 1.807) is 19.3 Å². The van der Waals surface area contributed by atoms with Crippen molar-refractivity contribution >= 4 is 11.9 Å². The van der Waals surface area contributed by atoms with Gasteiger partial charge in [-0.15, -0.1) is 0 Å². The van der Waals surface area contributed by atoms with Crippen molar-refractivity contribution in [2.45, 2.75) is 6.54 Å². The summed E-state index contributed by atoms with van der Waals surface area (Å²) < 4.78 is 0. The highest BCUT2D eigenvalue weighted by Crippen LogP contribution is 2.10. The van der Waals surface area contributed by atoms with Crippen molar-refractivity contribution in [3.8, 4) is 0 Å². The second-order valence-corrected chi connectivity index (χ2v) is 2.47. The highest BCUT2D eigenvalue weighted by Gasteiger charge is 2.04. The Balaban J connectivity index is 2.84. The molecule has 5 nitrogen and oxygen atoms in total. The van der Waals surface area contributed by atoms with E-state index in [9.17, 15) is 4.79 Å². The number of rotatable bonds is 3. The van der Waals surface area contributed by atoms with Gasteiger partial charge in [0, 0.05) is 18.3 Å². The van der Waals surface area contributed by atoms with Crippen LogP contribution in [-0.4, -0.2) is 23.2 Å². The average Bonchev–Trinajstić information content (AvgIpc) is 2.08. The van der Waals surface area contributed by atoms with Gasteiger partial charge in [-0.25, -0.2) is 9.78 Å². The third kappa shape index (κ3) is 2.72. The standard InChI is InChI=1S/C8H11N3O2/c1-9-5-6-3-2-4-10-7(6)11-8(12)13/h2-4,9H,5H2,1H3,(H,10,11)(H,12,13). The molecule has 13 heavy (non-hydrogen) atoms. The molecule has 1 rings (SSSR count). The number of nitrogens with zero attached hydrogens (tertiary/aromatic N) is 1. The average molecular weight is 181 g/mol. The number of amides is 1. The molecule has 0 aromatic carbocycles. The molecule has 1 amide bonds. The zero-order valence-corrected chi connectivity index (χ0v) is 7.24. The molecule has 0 fully saturated rings. The molecule has 3 N–H and O–H groups in total. The van der Waals surface area contributed by atoms with Crippen LogP contribution in [0.2, 0.25) is 0 Å². The van der Waals surface area contributed by atoms with Crippen molar-refractivity contribution in [1.82, 2.24) is 10.3 Å². The maximum absolute atomic E-state index is 10.4. The van der Waals surface area contributed by atoms with E-state index >= 15 is 0 Å². The van der Waals surface area contributed by atoms with E-state index in [1.165, 1.54) is 0 Å². The van der Waals surface area contributed by atoms with Crippen molar-refractivity contribution in [2.75, 3.05) is 12.4 Å². The fourth-order valence-electron chi connectivity index (χ4n) is 0.986. The number of carbonyl (C=O) groups is 1. The van der Waals surface area contributed by atoms with Gasteiger partial charge in [-0.1, -0.05) is 6.07 Å². The molecule has 0 aliphatic heterocycles. The minimum atomic E-state index is -1.10. The van der Waals surface area contributed by atoms with Gasteiger partial charge >= 0.3 is 6.09 Å². The summed E-state index contributed by atoms with van der Waals surface area (Å²) in [5, 5.41) is 13.6. The second kappa shape index (κ2) is 4.42. The molecule has 0 saturated heterocycles. The Morgan fingerprint density at radius 2 is 2.46 bits per heavy atom. The third-order valence-electron chi connectivity index (χ3n) is 1.48. The summed E-state index contributed by atoms with van der Waals surface area (Å²) in [6.45, 7) is 0.587. The topological polar surface area (TPSA) is 74.2 Å². The molecule has 1 aromatic heterocycles. The van der Waals surface area contributed by atoms with Gasteiger partial charge in [0.2, 0.25) is 0 Å². The highest BCUT2D eigenvalue weighted by molar-refractivity contribution is 5.82. The normalized spacial score (nSPS) is 9.62. The lowest BCUT2D eigenvalue weighted by Gasteiger charge is -2.06. The monoisotopic (exact) mass is 181 g/mol. The van der Waals surface area contributed by atoms with E-state index in [0.29, 0.717) is 12.4 Å². The lowest BCUT2D eigenvalue weighted by molar-refractivity contribution is 0.209. The van der Waals surface area contributed by atoms with Crippen molar-refractivity contribution in [3.05, 3.63) is 23.9 Å². The van der Waals surface area contributed by atoms with Crippen LogP contribution in [0.15, 0.2) is 18.3 Å². The van der Waals surface area contributed by atoms with E-state index in [4.69, 9.17) is 5.11 Å². The molecule has 0 radical (unpaired) electrons. The Morgan fingerprint density at radius 3 is 3.08 bits per heavy atom. The summed E-state index contributed by atoms with van der Waals surface area (Å²) in [7, 11) is 1.79. The molecule has 0 unspecified atom stereocenters.